The second-order valence-corrected chi connectivity index (χ2v) is 8.92. The van der Waals surface area contributed by atoms with Crippen LogP contribution in [0.3, 0.4) is 0 Å². The number of benzene rings is 1. The number of likely N-dealkylation sites (tertiary alicyclic amines) is 1. The van der Waals surface area contributed by atoms with E-state index < -0.39 is 0 Å². The summed E-state index contributed by atoms with van der Waals surface area (Å²) in [5.41, 5.74) is 1.16. The zero-order valence-electron chi connectivity index (χ0n) is 18.4. The first-order valence-electron chi connectivity index (χ1n) is 11.9. The number of hydrogen-bond acceptors (Lipinski definition) is 4. The van der Waals surface area contributed by atoms with E-state index in [0.717, 1.165) is 56.0 Å². The number of ether oxygens (including phenoxy) is 2. The standard InChI is InChI=1S/C24H38N4O2/c1-2-25-24(26-16-20-6-3-4-9-23(20)30-22-7-5-8-22)27-21-10-13-28(14-11-21)17-19-12-15-29-18-19/h3-4,6,9,19,21-22H,2,5,7-8,10-18H2,1H3,(H2,25,26,27). The van der Waals surface area contributed by atoms with Gasteiger partial charge in [0.1, 0.15) is 5.75 Å². The summed E-state index contributed by atoms with van der Waals surface area (Å²) in [4.78, 5) is 7.48. The van der Waals surface area contributed by atoms with Crippen LogP contribution in [0.1, 0.15) is 51.0 Å². The summed E-state index contributed by atoms with van der Waals surface area (Å²) in [7, 11) is 0. The van der Waals surface area contributed by atoms with E-state index in [1.807, 2.05) is 0 Å². The molecule has 6 heteroatoms. The van der Waals surface area contributed by atoms with Crippen molar-refractivity contribution in [3.8, 4) is 5.75 Å². The molecule has 2 aliphatic heterocycles. The topological polar surface area (TPSA) is 58.1 Å². The van der Waals surface area contributed by atoms with Crippen LogP contribution in [-0.4, -0.2) is 62.4 Å². The normalized spacial score (nSPS) is 23.9. The van der Waals surface area contributed by atoms with Gasteiger partial charge >= 0.3 is 0 Å². The van der Waals surface area contributed by atoms with Crippen molar-refractivity contribution in [2.45, 2.75) is 64.1 Å². The second-order valence-electron chi connectivity index (χ2n) is 8.92. The van der Waals surface area contributed by atoms with Gasteiger partial charge in [0.2, 0.25) is 0 Å². The van der Waals surface area contributed by atoms with Gasteiger partial charge in [0.15, 0.2) is 5.96 Å². The Balaban J connectivity index is 1.28. The minimum Gasteiger partial charge on any atom is -0.490 e. The van der Waals surface area contributed by atoms with E-state index in [1.54, 1.807) is 0 Å². The first-order chi connectivity index (χ1) is 14.8. The van der Waals surface area contributed by atoms with Crippen LogP contribution in [0, 0.1) is 5.92 Å². The van der Waals surface area contributed by atoms with E-state index in [0.29, 0.717) is 18.7 Å². The number of para-hydroxylation sites is 1. The van der Waals surface area contributed by atoms with E-state index in [2.05, 4.69) is 46.7 Å². The van der Waals surface area contributed by atoms with Crippen molar-refractivity contribution >= 4 is 5.96 Å². The van der Waals surface area contributed by atoms with Crippen LogP contribution in [0.5, 0.6) is 5.75 Å². The van der Waals surface area contributed by atoms with E-state index in [-0.39, 0.29) is 0 Å². The summed E-state index contributed by atoms with van der Waals surface area (Å²) < 4.78 is 11.7. The monoisotopic (exact) mass is 414 g/mol. The summed E-state index contributed by atoms with van der Waals surface area (Å²) >= 11 is 0. The lowest BCUT2D eigenvalue weighted by atomic mass is 9.96. The van der Waals surface area contributed by atoms with E-state index in [1.165, 1.54) is 45.1 Å². The average Bonchev–Trinajstić information content (AvgIpc) is 3.24. The number of hydrogen-bond donors (Lipinski definition) is 2. The Labute approximate surface area is 181 Å². The third-order valence-electron chi connectivity index (χ3n) is 6.54. The van der Waals surface area contributed by atoms with Crippen molar-refractivity contribution in [1.29, 1.82) is 0 Å². The quantitative estimate of drug-likeness (QED) is 0.505. The molecular formula is C24H38N4O2. The van der Waals surface area contributed by atoms with Crippen molar-refractivity contribution in [2.24, 2.45) is 10.9 Å². The van der Waals surface area contributed by atoms with Gasteiger partial charge in [0.05, 0.1) is 19.3 Å². The van der Waals surface area contributed by atoms with Crippen LogP contribution in [0.15, 0.2) is 29.3 Å². The van der Waals surface area contributed by atoms with Crippen LogP contribution in [-0.2, 0) is 11.3 Å². The summed E-state index contributed by atoms with van der Waals surface area (Å²) in [6.45, 7) is 9.03. The largest absolute Gasteiger partial charge is 0.490 e. The molecule has 30 heavy (non-hydrogen) atoms. The Bertz CT molecular complexity index is 678. The molecule has 0 radical (unpaired) electrons. The fourth-order valence-electron chi connectivity index (χ4n) is 4.45. The zero-order chi connectivity index (χ0) is 20.6. The molecule has 4 rings (SSSR count). The summed E-state index contributed by atoms with van der Waals surface area (Å²) in [5, 5.41) is 7.09. The molecule has 3 aliphatic rings. The SMILES string of the molecule is CCNC(=NCc1ccccc1OC1CCC1)NC1CCN(CC2CCOC2)CC1. The molecule has 3 fully saturated rings. The molecule has 2 saturated heterocycles. The highest BCUT2D eigenvalue weighted by molar-refractivity contribution is 5.80. The lowest BCUT2D eigenvalue weighted by Gasteiger charge is -2.34. The van der Waals surface area contributed by atoms with Gasteiger partial charge in [-0.15, -0.1) is 0 Å². The van der Waals surface area contributed by atoms with Crippen LogP contribution in [0.2, 0.25) is 0 Å². The van der Waals surface area contributed by atoms with Gasteiger partial charge in [-0.3, -0.25) is 0 Å². The van der Waals surface area contributed by atoms with Gasteiger partial charge < -0.3 is 25.0 Å². The number of nitrogens with one attached hydrogen (secondary N) is 2. The molecule has 0 amide bonds. The molecule has 6 nitrogen and oxygen atoms in total. The Kier molecular flexibility index (Phi) is 7.87. The maximum absolute atomic E-state index is 6.17. The Morgan fingerprint density at radius 1 is 1.17 bits per heavy atom. The van der Waals surface area contributed by atoms with Gasteiger partial charge in [-0.1, -0.05) is 18.2 Å². The van der Waals surface area contributed by atoms with Crippen molar-refractivity contribution in [1.82, 2.24) is 15.5 Å². The number of nitrogens with zero attached hydrogens (tertiary/aromatic N) is 2. The molecule has 0 bridgehead atoms. The first kappa shape index (κ1) is 21.4. The van der Waals surface area contributed by atoms with Gasteiger partial charge in [0, 0.05) is 44.4 Å². The lowest BCUT2D eigenvalue weighted by molar-refractivity contribution is 0.119. The van der Waals surface area contributed by atoms with Crippen molar-refractivity contribution in [2.75, 3.05) is 39.4 Å². The van der Waals surface area contributed by atoms with Crippen LogP contribution in [0.25, 0.3) is 0 Å². The van der Waals surface area contributed by atoms with Crippen LogP contribution >= 0.6 is 0 Å². The highest BCUT2D eigenvalue weighted by Crippen LogP contribution is 2.28. The highest BCUT2D eigenvalue weighted by atomic mass is 16.5. The van der Waals surface area contributed by atoms with Gasteiger partial charge in [0.25, 0.3) is 0 Å². The van der Waals surface area contributed by atoms with Crippen LogP contribution in [0.4, 0.5) is 0 Å². The van der Waals surface area contributed by atoms with Gasteiger partial charge in [-0.2, -0.15) is 0 Å². The summed E-state index contributed by atoms with van der Waals surface area (Å²) in [6.07, 6.45) is 7.58. The number of rotatable bonds is 8. The molecule has 2 N–H and O–H groups in total. The van der Waals surface area contributed by atoms with E-state index >= 15 is 0 Å². The lowest BCUT2D eigenvalue weighted by Crippen LogP contribution is -2.49. The maximum atomic E-state index is 6.17. The Morgan fingerprint density at radius 2 is 2.00 bits per heavy atom. The molecular weight excluding hydrogens is 376 g/mol. The molecule has 166 valence electrons. The number of aliphatic imine (C=N–C) groups is 1. The van der Waals surface area contributed by atoms with E-state index in [4.69, 9.17) is 14.5 Å². The third-order valence-corrected chi connectivity index (χ3v) is 6.54. The third kappa shape index (κ3) is 6.11. The molecule has 2 heterocycles. The molecule has 1 aromatic rings. The molecule has 1 atom stereocenters. The van der Waals surface area contributed by atoms with Crippen molar-refractivity contribution < 1.29 is 9.47 Å². The molecule has 0 spiro atoms. The van der Waals surface area contributed by atoms with Gasteiger partial charge in [-0.25, -0.2) is 4.99 Å². The molecule has 1 aromatic carbocycles. The molecule has 1 unspecified atom stereocenters. The minimum atomic E-state index is 0.391. The summed E-state index contributed by atoms with van der Waals surface area (Å²) in [6, 6.07) is 8.82. The highest BCUT2D eigenvalue weighted by Gasteiger charge is 2.24. The smallest absolute Gasteiger partial charge is 0.191 e. The first-order valence-corrected chi connectivity index (χ1v) is 11.9. The second kappa shape index (κ2) is 11.0. The minimum absolute atomic E-state index is 0.391. The van der Waals surface area contributed by atoms with Gasteiger partial charge in [-0.05, 0) is 57.4 Å². The van der Waals surface area contributed by atoms with Crippen molar-refractivity contribution in [3.05, 3.63) is 29.8 Å². The predicted molar refractivity (Wildman–Crippen MR) is 121 cm³/mol. The maximum Gasteiger partial charge on any atom is 0.191 e. The fourth-order valence-corrected chi connectivity index (χ4v) is 4.45. The van der Waals surface area contributed by atoms with E-state index in [9.17, 15) is 0 Å². The summed E-state index contributed by atoms with van der Waals surface area (Å²) in [5.74, 6) is 2.64. The average molecular weight is 415 g/mol. The number of piperidine rings is 1. The molecule has 0 aromatic heterocycles. The molecule has 1 aliphatic carbocycles. The van der Waals surface area contributed by atoms with Crippen LogP contribution < -0.4 is 15.4 Å². The fraction of sp³-hybridized carbons (Fsp3) is 0.708. The molecule has 1 saturated carbocycles. The number of guanidine groups is 1. The Morgan fingerprint density at radius 3 is 2.70 bits per heavy atom. The van der Waals surface area contributed by atoms with Crippen molar-refractivity contribution in [3.63, 3.8) is 0 Å². The Hall–Kier alpha value is -1.79. The zero-order valence-corrected chi connectivity index (χ0v) is 18.4. The predicted octanol–water partition coefficient (Wildman–Crippen LogP) is 3.17.